The van der Waals surface area contributed by atoms with Gasteiger partial charge in [-0.25, -0.2) is 0 Å². The van der Waals surface area contributed by atoms with Crippen molar-refractivity contribution in [3.63, 3.8) is 0 Å². The van der Waals surface area contributed by atoms with Crippen LogP contribution in [0.25, 0.3) is 11.3 Å². The van der Waals surface area contributed by atoms with Crippen LogP contribution in [0.2, 0.25) is 0 Å². The van der Waals surface area contributed by atoms with Crippen molar-refractivity contribution in [2.75, 3.05) is 0 Å². The molecule has 2 rings (SSSR count). The standard InChI is InChI=1S/C14H12F3NO/c1-9-7-10(2)18-12(8-9)11-5-3-4-6-13(11)19-14(15,16)17/h3-8H,1-2H3. The summed E-state index contributed by atoms with van der Waals surface area (Å²) in [5.41, 5.74) is 2.48. The van der Waals surface area contributed by atoms with Gasteiger partial charge >= 0.3 is 6.36 Å². The number of rotatable bonds is 2. The van der Waals surface area contributed by atoms with Crippen molar-refractivity contribution in [2.45, 2.75) is 20.2 Å². The molecule has 1 aromatic heterocycles. The third-order valence-electron chi connectivity index (χ3n) is 2.49. The zero-order chi connectivity index (χ0) is 14.0. The first-order valence-corrected chi connectivity index (χ1v) is 5.65. The lowest BCUT2D eigenvalue weighted by molar-refractivity contribution is -0.274. The van der Waals surface area contributed by atoms with E-state index in [-0.39, 0.29) is 5.75 Å². The number of benzene rings is 1. The van der Waals surface area contributed by atoms with E-state index in [2.05, 4.69) is 9.72 Å². The second-order valence-corrected chi connectivity index (χ2v) is 4.22. The van der Waals surface area contributed by atoms with E-state index >= 15 is 0 Å². The predicted molar refractivity (Wildman–Crippen MR) is 65.8 cm³/mol. The molecule has 0 saturated carbocycles. The van der Waals surface area contributed by atoms with E-state index in [0.29, 0.717) is 11.3 Å². The number of para-hydroxylation sites is 1. The van der Waals surface area contributed by atoms with E-state index in [1.165, 1.54) is 12.1 Å². The Bertz CT molecular complexity index is 573. The average Bonchev–Trinajstić information content (AvgIpc) is 2.26. The maximum Gasteiger partial charge on any atom is 0.573 e. The Hall–Kier alpha value is -2.04. The van der Waals surface area contributed by atoms with Gasteiger partial charge in [-0.05, 0) is 43.7 Å². The number of ether oxygens (including phenoxy) is 1. The highest BCUT2D eigenvalue weighted by atomic mass is 19.4. The highest BCUT2D eigenvalue weighted by molar-refractivity contribution is 5.67. The van der Waals surface area contributed by atoms with Crippen LogP contribution in [0.5, 0.6) is 5.75 Å². The maximum absolute atomic E-state index is 12.4. The summed E-state index contributed by atoms with van der Waals surface area (Å²) in [5, 5.41) is 0. The molecule has 19 heavy (non-hydrogen) atoms. The third kappa shape index (κ3) is 3.47. The molecule has 0 amide bonds. The molecule has 0 saturated heterocycles. The van der Waals surface area contributed by atoms with Crippen molar-refractivity contribution in [3.05, 3.63) is 47.7 Å². The second-order valence-electron chi connectivity index (χ2n) is 4.22. The summed E-state index contributed by atoms with van der Waals surface area (Å²) in [4.78, 5) is 4.25. The SMILES string of the molecule is Cc1cc(C)nc(-c2ccccc2OC(F)(F)F)c1. The number of aromatic nitrogens is 1. The summed E-state index contributed by atoms with van der Waals surface area (Å²) in [6.45, 7) is 3.66. The molecular weight excluding hydrogens is 255 g/mol. The number of pyridine rings is 1. The predicted octanol–water partition coefficient (Wildman–Crippen LogP) is 4.26. The molecule has 1 heterocycles. The van der Waals surface area contributed by atoms with Gasteiger partial charge in [0.15, 0.2) is 0 Å². The Kier molecular flexibility index (Phi) is 3.46. The topological polar surface area (TPSA) is 22.1 Å². The lowest BCUT2D eigenvalue weighted by atomic mass is 10.1. The third-order valence-corrected chi connectivity index (χ3v) is 2.49. The number of nitrogens with zero attached hydrogens (tertiary/aromatic N) is 1. The first-order valence-electron chi connectivity index (χ1n) is 5.65. The van der Waals surface area contributed by atoms with Gasteiger partial charge in [-0.2, -0.15) is 0 Å². The van der Waals surface area contributed by atoms with Crippen molar-refractivity contribution >= 4 is 0 Å². The molecule has 100 valence electrons. The summed E-state index contributed by atoms with van der Waals surface area (Å²) < 4.78 is 41.1. The van der Waals surface area contributed by atoms with Crippen molar-refractivity contribution in [1.82, 2.24) is 4.98 Å². The normalized spacial score (nSPS) is 11.4. The van der Waals surface area contributed by atoms with Crippen LogP contribution in [0.15, 0.2) is 36.4 Å². The van der Waals surface area contributed by atoms with E-state index in [0.717, 1.165) is 11.3 Å². The lowest BCUT2D eigenvalue weighted by Gasteiger charge is -2.13. The minimum absolute atomic E-state index is 0.243. The molecule has 0 aliphatic carbocycles. The van der Waals surface area contributed by atoms with Crippen molar-refractivity contribution in [3.8, 4) is 17.0 Å². The van der Waals surface area contributed by atoms with Crippen molar-refractivity contribution in [2.24, 2.45) is 0 Å². The fourth-order valence-electron chi connectivity index (χ4n) is 1.87. The molecule has 0 spiro atoms. The van der Waals surface area contributed by atoms with E-state index in [1.807, 2.05) is 13.0 Å². The fraction of sp³-hybridized carbons (Fsp3) is 0.214. The van der Waals surface area contributed by atoms with E-state index < -0.39 is 6.36 Å². The summed E-state index contributed by atoms with van der Waals surface area (Å²) in [6, 6.07) is 9.57. The molecule has 0 atom stereocenters. The van der Waals surface area contributed by atoms with Crippen molar-refractivity contribution in [1.29, 1.82) is 0 Å². The average molecular weight is 267 g/mol. The van der Waals surface area contributed by atoms with Gasteiger partial charge in [-0.15, -0.1) is 13.2 Å². The second kappa shape index (κ2) is 4.91. The number of alkyl halides is 3. The van der Waals surface area contributed by atoms with E-state index in [9.17, 15) is 13.2 Å². The molecule has 0 aliphatic rings. The van der Waals surface area contributed by atoms with Crippen LogP contribution in [-0.2, 0) is 0 Å². The van der Waals surface area contributed by atoms with E-state index in [4.69, 9.17) is 0 Å². The lowest BCUT2D eigenvalue weighted by Crippen LogP contribution is -2.17. The number of halogens is 3. The summed E-state index contributed by atoms with van der Waals surface area (Å²) in [5.74, 6) is -0.243. The molecule has 5 heteroatoms. The van der Waals surface area contributed by atoms with E-state index in [1.54, 1.807) is 25.1 Å². The Morgan fingerprint density at radius 1 is 1.05 bits per heavy atom. The molecule has 0 radical (unpaired) electrons. The Morgan fingerprint density at radius 3 is 2.37 bits per heavy atom. The highest BCUT2D eigenvalue weighted by Crippen LogP contribution is 2.33. The van der Waals surface area contributed by atoms with Crippen LogP contribution in [0.1, 0.15) is 11.3 Å². The number of hydrogen-bond acceptors (Lipinski definition) is 2. The minimum atomic E-state index is -4.71. The molecule has 2 nitrogen and oxygen atoms in total. The Morgan fingerprint density at radius 2 is 1.74 bits per heavy atom. The monoisotopic (exact) mass is 267 g/mol. The molecule has 2 aromatic rings. The van der Waals surface area contributed by atoms with Crippen LogP contribution in [0.3, 0.4) is 0 Å². The van der Waals surface area contributed by atoms with Gasteiger partial charge < -0.3 is 4.74 Å². The molecule has 0 fully saturated rings. The van der Waals surface area contributed by atoms with Crippen LogP contribution in [0.4, 0.5) is 13.2 Å². The van der Waals surface area contributed by atoms with Gasteiger partial charge in [0.2, 0.25) is 0 Å². The summed E-state index contributed by atoms with van der Waals surface area (Å²) in [6.07, 6.45) is -4.71. The quantitative estimate of drug-likeness (QED) is 0.810. The number of hydrogen-bond donors (Lipinski definition) is 0. The van der Waals surface area contributed by atoms with Crippen molar-refractivity contribution < 1.29 is 17.9 Å². The van der Waals surface area contributed by atoms with Gasteiger partial charge in [-0.1, -0.05) is 12.1 Å². The van der Waals surface area contributed by atoms with Gasteiger partial charge in [0, 0.05) is 11.3 Å². The molecule has 0 bridgehead atoms. The minimum Gasteiger partial charge on any atom is -0.405 e. The number of aryl methyl sites for hydroxylation is 2. The maximum atomic E-state index is 12.4. The van der Waals surface area contributed by atoms with Crippen LogP contribution in [0, 0.1) is 13.8 Å². The van der Waals surface area contributed by atoms with Gasteiger partial charge in [0.1, 0.15) is 5.75 Å². The molecule has 0 N–H and O–H groups in total. The Balaban J connectivity index is 2.50. The zero-order valence-electron chi connectivity index (χ0n) is 10.5. The smallest absolute Gasteiger partial charge is 0.405 e. The van der Waals surface area contributed by atoms with Gasteiger partial charge in [0.25, 0.3) is 0 Å². The molecular formula is C14H12F3NO. The summed E-state index contributed by atoms with van der Waals surface area (Å²) >= 11 is 0. The molecule has 1 aromatic carbocycles. The highest BCUT2D eigenvalue weighted by Gasteiger charge is 2.32. The van der Waals surface area contributed by atoms with Crippen LogP contribution in [-0.4, -0.2) is 11.3 Å². The zero-order valence-corrected chi connectivity index (χ0v) is 10.5. The molecule has 0 unspecified atom stereocenters. The van der Waals surface area contributed by atoms with Crippen LogP contribution < -0.4 is 4.74 Å². The first kappa shape index (κ1) is 13.4. The van der Waals surface area contributed by atoms with Crippen LogP contribution >= 0.6 is 0 Å². The largest absolute Gasteiger partial charge is 0.573 e. The Labute approximate surface area is 108 Å². The van der Waals surface area contributed by atoms with Gasteiger partial charge in [-0.3, -0.25) is 4.98 Å². The first-order chi connectivity index (χ1) is 8.85. The molecule has 0 aliphatic heterocycles. The fourth-order valence-corrected chi connectivity index (χ4v) is 1.87. The summed E-state index contributed by atoms with van der Waals surface area (Å²) in [7, 11) is 0. The van der Waals surface area contributed by atoms with Gasteiger partial charge in [0.05, 0.1) is 5.69 Å².